The molecule has 3 atom stereocenters. The van der Waals surface area contributed by atoms with Crippen molar-refractivity contribution < 1.29 is 10.2 Å². The van der Waals surface area contributed by atoms with E-state index in [-0.39, 0.29) is 17.4 Å². The largest absolute Gasteiger partial charge is 0.508 e. The second-order valence-electron chi connectivity index (χ2n) is 8.83. The molecule has 0 saturated heterocycles. The van der Waals surface area contributed by atoms with E-state index in [2.05, 4.69) is 39.5 Å². The van der Waals surface area contributed by atoms with E-state index in [4.69, 9.17) is 0 Å². The van der Waals surface area contributed by atoms with Crippen molar-refractivity contribution in [3.8, 4) is 5.75 Å². The van der Waals surface area contributed by atoms with E-state index in [0.717, 1.165) is 37.7 Å². The van der Waals surface area contributed by atoms with Crippen molar-refractivity contribution in [2.24, 2.45) is 5.92 Å². The van der Waals surface area contributed by atoms with Gasteiger partial charge in [0.05, 0.1) is 6.10 Å². The summed E-state index contributed by atoms with van der Waals surface area (Å²) in [5.41, 5.74) is 2.30. The summed E-state index contributed by atoms with van der Waals surface area (Å²) in [6.45, 7) is 10.7. The van der Waals surface area contributed by atoms with Crippen LogP contribution < -0.4 is 0 Å². The van der Waals surface area contributed by atoms with Crippen LogP contribution in [0.25, 0.3) is 0 Å². The molecule has 1 aliphatic rings. The maximum absolute atomic E-state index is 10.8. The second kappa shape index (κ2) is 9.60. The van der Waals surface area contributed by atoms with Gasteiger partial charge in [0.2, 0.25) is 0 Å². The Labute approximate surface area is 160 Å². The quantitative estimate of drug-likeness (QED) is 0.393. The molecule has 1 fully saturated rings. The van der Waals surface area contributed by atoms with E-state index in [1.54, 1.807) is 0 Å². The standard InChI is InChI=1S/C24H38O2/c1-5-7-8-9-15-24(3,4)19-12-14-21(23(26)16-19)22-17-20(25)13-11-18(22)10-6-2/h6,12,14,16,18,20,22,25-26H,2,5,7-11,13,15,17H2,1,3-4H3. The third-order valence-corrected chi connectivity index (χ3v) is 6.30. The predicted octanol–water partition coefficient (Wildman–Crippen LogP) is 6.46. The zero-order valence-corrected chi connectivity index (χ0v) is 17.0. The maximum atomic E-state index is 10.8. The smallest absolute Gasteiger partial charge is 0.119 e. The Kier molecular flexibility index (Phi) is 7.76. The molecule has 0 bridgehead atoms. The van der Waals surface area contributed by atoms with E-state index >= 15 is 0 Å². The summed E-state index contributed by atoms with van der Waals surface area (Å²) >= 11 is 0. The first-order valence-electron chi connectivity index (χ1n) is 10.5. The minimum absolute atomic E-state index is 0.0797. The van der Waals surface area contributed by atoms with E-state index < -0.39 is 0 Å². The Morgan fingerprint density at radius 1 is 1.19 bits per heavy atom. The summed E-state index contributed by atoms with van der Waals surface area (Å²) in [6, 6.07) is 6.28. The Balaban J connectivity index is 2.15. The van der Waals surface area contributed by atoms with E-state index in [9.17, 15) is 10.2 Å². The summed E-state index contributed by atoms with van der Waals surface area (Å²) in [6.07, 6.45) is 11.5. The lowest BCUT2D eigenvalue weighted by molar-refractivity contribution is 0.0936. The zero-order valence-electron chi connectivity index (χ0n) is 17.0. The zero-order chi connectivity index (χ0) is 19.2. The minimum atomic E-state index is -0.254. The SMILES string of the molecule is C=CCC1CCC(O)CC1c1ccc(C(C)(C)CCCCCC)cc1O. The summed E-state index contributed by atoms with van der Waals surface area (Å²) in [7, 11) is 0. The predicted molar refractivity (Wildman–Crippen MR) is 111 cm³/mol. The first-order chi connectivity index (χ1) is 12.4. The molecular formula is C24H38O2. The topological polar surface area (TPSA) is 40.5 Å². The molecule has 3 unspecified atom stereocenters. The van der Waals surface area contributed by atoms with Crippen LogP contribution >= 0.6 is 0 Å². The number of rotatable bonds is 9. The highest BCUT2D eigenvalue weighted by Crippen LogP contribution is 2.44. The van der Waals surface area contributed by atoms with Gasteiger partial charge in [-0.3, -0.25) is 0 Å². The maximum Gasteiger partial charge on any atom is 0.119 e. The van der Waals surface area contributed by atoms with Gasteiger partial charge in [-0.1, -0.05) is 64.7 Å². The molecule has 1 aromatic rings. The molecular weight excluding hydrogens is 320 g/mol. The average molecular weight is 359 g/mol. The van der Waals surface area contributed by atoms with Crippen LogP contribution in [0.4, 0.5) is 0 Å². The number of phenols is 1. The minimum Gasteiger partial charge on any atom is -0.508 e. The Bertz CT molecular complexity index is 576. The van der Waals surface area contributed by atoms with Crippen LogP contribution in [-0.4, -0.2) is 16.3 Å². The monoisotopic (exact) mass is 358 g/mol. The summed E-state index contributed by atoms with van der Waals surface area (Å²) in [4.78, 5) is 0. The number of aromatic hydroxyl groups is 1. The molecule has 26 heavy (non-hydrogen) atoms. The Hall–Kier alpha value is -1.28. The van der Waals surface area contributed by atoms with Gasteiger partial charge in [0.25, 0.3) is 0 Å². The van der Waals surface area contributed by atoms with Crippen molar-refractivity contribution in [1.29, 1.82) is 0 Å². The normalized spacial score (nSPS) is 23.8. The molecule has 2 heteroatoms. The molecule has 1 aliphatic carbocycles. The van der Waals surface area contributed by atoms with Gasteiger partial charge in [-0.25, -0.2) is 0 Å². The van der Waals surface area contributed by atoms with Gasteiger partial charge in [-0.15, -0.1) is 6.58 Å². The summed E-state index contributed by atoms with van der Waals surface area (Å²) in [5.74, 6) is 1.09. The van der Waals surface area contributed by atoms with Crippen LogP contribution in [0.1, 0.15) is 95.6 Å². The number of hydrogen-bond donors (Lipinski definition) is 2. The molecule has 2 N–H and O–H groups in total. The van der Waals surface area contributed by atoms with Crippen LogP contribution in [-0.2, 0) is 5.41 Å². The Morgan fingerprint density at radius 2 is 1.96 bits per heavy atom. The molecule has 0 aromatic heterocycles. The fourth-order valence-corrected chi connectivity index (χ4v) is 4.50. The van der Waals surface area contributed by atoms with E-state index in [1.165, 1.54) is 31.2 Å². The van der Waals surface area contributed by atoms with Crippen molar-refractivity contribution in [2.75, 3.05) is 0 Å². The van der Waals surface area contributed by atoms with Crippen molar-refractivity contribution in [1.82, 2.24) is 0 Å². The molecule has 1 saturated carbocycles. The number of benzene rings is 1. The number of hydrogen-bond acceptors (Lipinski definition) is 2. The molecule has 2 rings (SSSR count). The molecule has 0 amide bonds. The van der Waals surface area contributed by atoms with Crippen molar-refractivity contribution in [2.45, 2.75) is 96.0 Å². The van der Waals surface area contributed by atoms with E-state index in [1.807, 2.05) is 12.1 Å². The van der Waals surface area contributed by atoms with Gasteiger partial charge in [0.1, 0.15) is 5.75 Å². The second-order valence-corrected chi connectivity index (χ2v) is 8.83. The van der Waals surface area contributed by atoms with Gasteiger partial charge in [-0.2, -0.15) is 0 Å². The highest BCUT2D eigenvalue weighted by Gasteiger charge is 2.32. The summed E-state index contributed by atoms with van der Waals surface area (Å²) < 4.78 is 0. The van der Waals surface area contributed by atoms with Gasteiger partial charge < -0.3 is 10.2 Å². The molecule has 0 heterocycles. The van der Waals surface area contributed by atoms with Gasteiger partial charge >= 0.3 is 0 Å². The molecule has 0 spiro atoms. The van der Waals surface area contributed by atoms with Gasteiger partial charge in [-0.05, 0) is 66.5 Å². The highest BCUT2D eigenvalue weighted by atomic mass is 16.3. The molecule has 0 radical (unpaired) electrons. The van der Waals surface area contributed by atoms with E-state index in [0.29, 0.717) is 11.7 Å². The number of aliphatic hydroxyl groups is 1. The van der Waals surface area contributed by atoms with Crippen LogP contribution in [0.5, 0.6) is 5.75 Å². The van der Waals surface area contributed by atoms with Crippen molar-refractivity contribution >= 4 is 0 Å². The first-order valence-corrected chi connectivity index (χ1v) is 10.5. The lowest BCUT2D eigenvalue weighted by Crippen LogP contribution is -2.26. The lowest BCUT2D eigenvalue weighted by Gasteiger charge is -2.35. The number of phenolic OH excluding ortho intramolecular Hbond substituents is 1. The highest BCUT2D eigenvalue weighted by molar-refractivity contribution is 5.42. The Morgan fingerprint density at radius 3 is 2.62 bits per heavy atom. The van der Waals surface area contributed by atoms with Crippen LogP contribution in [0.3, 0.4) is 0 Å². The number of allylic oxidation sites excluding steroid dienone is 1. The van der Waals surface area contributed by atoms with Crippen LogP contribution in [0.2, 0.25) is 0 Å². The number of unbranched alkanes of at least 4 members (excludes halogenated alkanes) is 3. The first kappa shape index (κ1) is 21.0. The average Bonchev–Trinajstić information content (AvgIpc) is 2.60. The van der Waals surface area contributed by atoms with Crippen LogP contribution in [0, 0.1) is 5.92 Å². The van der Waals surface area contributed by atoms with Crippen molar-refractivity contribution in [3.05, 3.63) is 42.0 Å². The molecule has 2 nitrogen and oxygen atoms in total. The van der Waals surface area contributed by atoms with Gasteiger partial charge in [0, 0.05) is 0 Å². The van der Waals surface area contributed by atoms with Crippen LogP contribution in [0.15, 0.2) is 30.9 Å². The third-order valence-electron chi connectivity index (χ3n) is 6.30. The lowest BCUT2D eigenvalue weighted by atomic mass is 9.72. The van der Waals surface area contributed by atoms with Crippen molar-refractivity contribution in [3.63, 3.8) is 0 Å². The number of aliphatic hydroxyl groups excluding tert-OH is 1. The fourth-order valence-electron chi connectivity index (χ4n) is 4.50. The summed E-state index contributed by atoms with van der Waals surface area (Å²) in [5, 5.41) is 20.9. The van der Waals surface area contributed by atoms with Gasteiger partial charge in [0.15, 0.2) is 0 Å². The third kappa shape index (κ3) is 5.36. The molecule has 1 aromatic carbocycles. The molecule has 0 aliphatic heterocycles. The molecule has 146 valence electrons. The fraction of sp³-hybridized carbons (Fsp3) is 0.667.